The van der Waals surface area contributed by atoms with Gasteiger partial charge in [-0.05, 0) is 29.8 Å². The number of alkyl halides is 3. The fourth-order valence-corrected chi connectivity index (χ4v) is 1.55. The number of nitrogens with two attached hydrogens (primary N) is 1. The van der Waals surface area contributed by atoms with Gasteiger partial charge in [0.2, 0.25) is 0 Å². The van der Waals surface area contributed by atoms with Crippen LogP contribution in [-0.4, -0.2) is 4.98 Å². The first-order valence-corrected chi connectivity index (χ1v) is 5.58. The molecular formula is C13H12F3N3. The number of anilines is 2. The highest BCUT2D eigenvalue weighted by Gasteiger charge is 2.29. The summed E-state index contributed by atoms with van der Waals surface area (Å²) in [6.07, 6.45) is -4.30. The van der Waals surface area contributed by atoms with Crippen LogP contribution in [-0.2, 0) is 12.7 Å². The molecular weight excluding hydrogens is 255 g/mol. The Morgan fingerprint density at radius 2 is 1.74 bits per heavy atom. The predicted molar refractivity (Wildman–Crippen MR) is 67.4 cm³/mol. The van der Waals surface area contributed by atoms with Crippen LogP contribution in [0.15, 0.2) is 42.5 Å². The Kier molecular flexibility index (Phi) is 3.59. The summed E-state index contributed by atoms with van der Waals surface area (Å²) in [6.45, 7) is 0.384. The molecule has 0 fully saturated rings. The predicted octanol–water partition coefficient (Wildman–Crippen LogP) is 3.29. The molecule has 0 atom stereocenters. The van der Waals surface area contributed by atoms with Crippen molar-refractivity contribution >= 4 is 11.6 Å². The van der Waals surface area contributed by atoms with E-state index in [0.29, 0.717) is 18.2 Å². The molecule has 0 bridgehead atoms. The maximum absolute atomic E-state index is 12.4. The van der Waals surface area contributed by atoms with Gasteiger partial charge in [0, 0.05) is 6.54 Å². The first-order chi connectivity index (χ1) is 8.95. The van der Waals surface area contributed by atoms with Crippen LogP contribution in [0.4, 0.5) is 24.8 Å². The fraction of sp³-hybridized carbons (Fsp3) is 0.154. The molecule has 0 unspecified atom stereocenters. The lowest BCUT2D eigenvalue weighted by Gasteiger charge is -2.09. The highest BCUT2D eigenvalue weighted by Crippen LogP contribution is 2.29. The van der Waals surface area contributed by atoms with Crippen LogP contribution < -0.4 is 11.1 Å². The summed E-state index contributed by atoms with van der Waals surface area (Å²) >= 11 is 0. The number of aromatic nitrogens is 1. The second-order valence-corrected chi connectivity index (χ2v) is 4.00. The molecule has 1 aromatic heterocycles. The molecule has 2 aromatic rings. The molecule has 0 aliphatic heterocycles. The van der Waals surface area contributed by atoms with Crippen molar-refractivity contribution in [1.82, 2.24) is 4.98 Å². The number of pyridine rings is 1. The lowest BCUT2D eigenvalue weighted by molar-refractivity contribution is -0.137. The molecule has 1 aromatic carbocycles. The van der Waals surface area contributed by atoms with Crippen LogP contribution in [0.5, 0.6) is 0 Å². The molecule has 3 N–H and O–H groups in total. The van der Waals surface area contributed by atoms with E-state index in [2.05, 4.69) is 10.3 Å². The van der Waals surface area contributed by atoms with Crippen LogP contribution in [0.3, 0.4) is 0 Å². The van der Waals surface area contributed by atoms with Gasteiger partial charge in [0.1, 0.15) is 11.6 Å². The largest absolute Gasteiger partial charge is 0.416 e. The Morgan fingerprint density at radius 3 is 2.32 bits per heavy atom. The number of halogens is 3. The van der Waals surface area contributed by atoms with Crippen molar-refractivity contribution in [1.29, 1.82) is 0 Å². The first kappa shape index (κ1) is 13.2. The maximum Gasteiger partial charge on any atom is 0.416 e. The van der Waals surface area contributed by atoms with Crippen molar-refractivity contribution in [2.24, 2.45) is 0 Å². The molecule has 3 nitrogen and oxygen atoms in total. The van der Waals surface area contributed by atoms with E-state index in [0.717, 1.165) is 17.7 Å². The lowest BCUT2D eigenvalue weighted by Crippen LogP contribution is -2.06. The maximum atomic E-state index is 12.4. The third-order valence-electron chi connectivity index (χ3n) is 2.53. The molecule has 2 rings (SSSR count). The van der Waals surface area contributed by atoms with Gasteiger partial charge < -0.3 is 11.1 Å². The van der Waals surface area contributed by atoms with Crippen molar-refractivity contribution in [2.75, 3.05) is 11.1 Å². The summed E-state index contributed by atoms with van der Waals surface area (Å²) in [4.78, 5) is 4.03. The fourth-order valence-electron chi connectivity index (χ4n) is 1.55. The Bertz CT molecular complexity index is 550. The van der Waals surface area contributed by atoms with E-state index in [1.54, 1.807) is 18.2 Å². The molecule has 0 spiro atoms. The average molecular weight is 267 g/mol. The van der Waals surface area contributed by atoms with E-state index in [9.17, 15) is 13.2 Å². The van der Waals surface area contributed by atoms with Crippen LogP contribution in [0.25, 0.3) is 0 Å². The monoisotopic (exact) mass is 267 g/mol. The summed E-state index contributed by atoms with van der Waals surface area (Å²) < 4.78 is 37.1. The molecule has 19 heavy (non-hydrogen) atoms. The molecule has 0 saturated carbocycles. The normalized spacial score (nSPS) is 11.3. The first-order valence-electron chi connectivity index (χ1n) is 5.58. The van der Waals surface area contributed by atoms with Gasteiger partial charge in [0.15, 0.2) is 0 Å². The number of nitrogens with zero attached hydrogens (tertiary/aromatic N) is 1. The van der Waals surface area contributed by atoms with Crippen LogP contribution in [0.2, 0.25) is 0 Å². The van der Waals surface area contributed by atoms with Crippen LogP contribution in [0.1, 0.15) is 11.1 Å². The topological polar surface area (TPSA) is 50.9 Å². The molecule has 100 valence electrons. The van der Waals surface area contributed by atoms with E-state index < -0.39 is 11.7 Å². The summed E-state index contributed by atoms with van der Waals surface area (Å²) in [5, 5.41) is 2.99. The number of rotatable bonds is 3. The second kappa shape index (κ2) is 5.17. The van der Waals surface area contributed by atoms with E-state index in [1.165, 1.54) is 12.1 Å². The number of hydrogen-bond donors (Lipinski definition) is 2. The number of nitrogens with one attached hydrogen (secondary N) is 1. The minimum Gasteiger partial charge on any atom is -0.384 e. The third-order valence-corrected chi connectivity index (χ3v) is 2.53. The Labute approximate surface area is 108 Å². The molecule has 0 aliphatic rings. The second-order valence-electron chi connectivity index (χ2n) is 4.00. The summed E-state index contributed by atoms with van der Waals surface area (Å²) in [7, 11) is 0. The van der Waals surface area contributed by atoms with Crippen molar-refractivity contribution in [3.05, 3.63) is 53.6 Å². The van der Waals surface area contributed by atoms with Gasteiger partial charge in [-0.2, -0.15) is 13.2 Å². The minimum atomic E-state index is -4.30. The third kappa shape index (κ3) is 3.61. The molecule has 1 heterocycles. The highest BCUT2D eigenvalue weighted by atomic mass is 19.4. The van der Waals surface area contributed by atoms with E-state index in [4.69, 9.17) is 5.73 Å². The average Bonchev–Trinajstić information content (AvgIpc) is 2.36. The zero-order valence-electron chi connectivity index (χ0n) is 9.91. The Balaban J connectivity index is 2.01. The van der Waals surface area contributed by atoms with Crippen molar-refractivity contribution in [2.45, 2.75) is 12.7 Å². The summed E-state index contributed by atoms with van der Waals surface area (Å²) in [6, 6.07) is 10.1. The Hall–Kier alpha value is -2.24. The number of hydrogen-bond acceptors (Lipinski definition) is 3. The Morgan fingerprint density at radius 1 is 1.05 bits per heavy atom. The van der Waals surface area contributed by atoms with Crippen molar-refractivity contribution < 1.29 is 13.2 Å². The van der Waals surface area contributed by atoms with Gasteiger partial charge in [-0.15, -0.1) is 0 Å². The van der Waals surface area contributed by atoms with Gasteiger partial charge in [0.05, 0.1) is 5.56 Å². The van der Waals surface area contributed by atoms with Gasteiger partial charge in [-0.25, -0.2) is 4.98 Å². The lowest BCUT2D eigenvalue weighted by atomic mass is 10.1. The highest BCUT2D eigenvalue weighted by molar-refractivity contribution is 5.42. The molecule has 0 saturated heterocycles. The minimum absolute atomic E-state index is 0.384. The molecule has 0 aliphatic carbocycles. The van der Waals surface area contributed by atoms with Crippen molar-refractivity contribution in [3.8, 4) is 0 Å². The van der Waals surface area contributed by atoms with Gasteiger partial charge in [-0.1, -0.05) is 18.2 Å². The van der Waals surface area contributed by atoms with Crippen LogP contribution >= 0.6 is 0 Å². The van der Waals surface area contributed by atoms with Crippen molar-refractivity contribution in [3.63, 3.8) is 0 Å². The quantitative estimate of drug-likeness (QED) is 0.897. The molecule has 6 heteroatoms. The van der Waals surface area contributed by atoms with Crippen LogP contribution in [0, 0.1) is 0 Å². The van der Waals surface area contributed by atoms with Gasteiger partial charge in [0.25, 0.3) is 0 Å². The smallest absolute Gasteiger partial charge is 0.384 e. The van der Waals surface area contributed by atoms with E-state index in [1.807, 2.05) is 0 Å². The SMILES string of the molecule is Nc1cccc(NCc2ccc(C(F)(F)F)cc2)n1. The summed E-state index contributed by atoms with van der Waals surface area (Å²) in [5.41, 5.74) is 5.60. The number of nitrogen functional groups attached to an aromatic ring is 1. The summed E-state index contributed by atoms with van der Waals surface area (Å²) in [5.74, 6) is 0.970. The standard InChI is InChI=1S/C13H12F3N3/c14-13(15,16)10-6-4-9(5-7-10)8-18-12-3-1-2-11(17)19-12/h1-7H,8H2,(H3,17,18,19). The number of benzene rings is 1. The van der Waals surface area contributed by atoms with E-state index >= 15 is 0 Å². The van der Waals surface area contributed by atoms with E-state index in [-0.39, 0.29) is 0 Å². The molecule has 0 radical (unpaired) electrons. The molecule has 0 amide bonds. The zero-order valence-corrected chi connectivity index (χ0v) is 9.91. The van der Waals surface area contributed by atoms with Gasteiger partial charge >= 0.3 is 6.18 Å². The van der Waals surface area contributed by atoms with Gasteiger partial charge in [-0.3, -0.25) is 0 Å². The zero-order chi connectivity index (χ0) is 13.9.